The molecule has 0 aromatic rings. The van der Waals surface area contributed by atoms with E-state index in [4.69, 9.17) is 10.5 Å². The van der Waals surface area contributed by atoms with Crippen LogP contribution in [0.4, 0.5) is 0 Å². The molecule has 0 aromatic heterocycles. The number of hydrogen-bond acceptors (Lipinski definition) is 3. The molecular formula is C12H16N2O2. The van der Waals surface area contributed by atoms with Crippen molar-refractivity contribution in [3.63, 3.8) is 0 Å². The van der Waals surface area contributed by atoms with Gasteiger partial charge in [0.25, 0.3) is 0 Å². The minimum Gasteiger partial charge on any atom is -0.399 e. The van der Waals surface area contributed by atoms with Gasteiger partial charge in [-0.05, 0) is 18.6 Å². The Morgan fingerprint density at radius 2 is 2.06 bits per heavy atom. The molecule has 1 amide bonds. The SMILES string of the molecule is NC1=CC=C(C(=O)N2CCOCC2)CC=C1. The van der Waals surface area contributed by atoms with E-state index in [1.807, 2.05) is 23.1 Å². The number of allylic oxidation sites excluding steroid dienone is 4. The smallest absolute Gasteiger partial charge is 0.250 e. The molecule has 0 spiro atoms. The molecule has 4 heteroatoms. The van der Waals surface area contributed by atoms with Gasteiger partial charge in [0, 0.05) is 24.4 Å². The summed E-state index contributed by atoms with van der Waals surface area (Å²) in [5.74, 6) is 0.0962. The van der Waals surface area contributed by atoms with E-state index in [-0.39, 0.29) is 5.91 Å². The monoisotopic (exact) mass is 220 g/mol. The lowest BCUT2D eigenvalue weighted by atomic mass is 10.1. The Balaban J connectivity index is 2.06. The van der Waals surface area contributed by atoms with Crippen molar-refractivity contribution in [2.45, 2.75) is 6.42 Å². The molecule has 2 aliphatic rings. The highest BCUT2D eigenvalue weighted by molar-refractivity contribution is 5.94. The normalized spacial score (nSPS) is 21.1. The molecule has 4 nitrogen and oxygen atoms in total. The first kappa shape index (κ1) is 11.0. The van der Waals surface area contributed by atoms with Crippen LogP contribution in [0.2, 0.25) is 0 Å². The lowest BCUT2D eigenvalue weighted by molar-refractivity contribution is -0.131. The molecule has 1 saturated heterocycles. The maximum atomic E-state index is 12.1. The zero-order chi connectivity index (χ0) is 11.4. The molecule has 1 aliphatic heterocycles. The third kappa shape index (κ3) is 2.52. The lowest BCUT2D eigenvalue weighted by Crippen LogP contribution is -2.41. The number of nitrogens with zero attached hydrogens (tertiary/aromatic N) is 1. The molecule has 16 heavy (non-hydrogen) atoms. The molecule has 2 N–H and O–H groups in total. The Morgan fingerprint density at radius 3 is 2.81 bits per heavy atom. The fraction of sp³-hybridized carbons (Fsp3) is 0.417. The van der Waals surface area contributed by atoms with Crippen LogP contribution in [0.25, 0.3) is 0 Å². The van der Waals surface area contributed by atoms with Gasteiger partial charge in [-0.1, -0.05) is 12.2 Å². The zero-order valence-corrected chi connectivity index (χ0v) is 9.19. The summed E-state index contributed by atoms with van der Waals surface area (Å²) in [6, 6.07) is 0. The van der Waals surface area contributed by atoms with E-state index in [1.165, 1.54) is 0 Å². The highest BCUT2D eigenvalue weighted by atomic mass is 16.5. The van der Waals surface area contributed by atoms with Crippen LogP contribution in [0.1, 0.15) is 6.42 Å². The Bertz CT molecular complexity index is 363. The van der Waals surface area contributed by atoms with Crippen LogP contribution in [-0.2, 0) is 9.53 Å². The largest absolute Gasteiger partial charge is 0.399 e. The molecule has 1 heterocycles. The van der Waals surface area contributed by atoms with E-state index < -0.39 is 0 Å². The predicted octanol–water partition coefficient (Wildman–Crippen LogP) is 0.574. The quantitative estimate of drug-likeness (QED) is 0.703. The topological polar surface area (TPSA) is 55.6 Å². The van der Waals surface area contributed by atoms with Crippen molar-refractivity contribution in [1.82, 2.24) is 4.90 Å². The number of hydrogen-bond donors (Lipinski definition) is 1. The van der Waals surface area contributed by atoms with Gasteiger partial charge in [0.2, 0.25) is 5.91 Å². The van der Waals surface area contributed by atoms with E-state index in [9.17, 15) is 4.79 Å². The van der Waals surface area contributed by atoms with Crippen LogP contribution in [0.3, 0.4) is 0 Å². The molecule has 86 valence electrons. The number of ether oxygens (including phenoxy) is 1. The van der Waals surface area contributed by atoms with Crippen molar-refractivity contribution in [2.75, 3.05) is 26.3 Å². The zero-order valence-electron chi connectivity index (χ0n) is 9.19. The Morgan fingerprint density at radius 1 is 1.31 bits per heavy atom. The van der Waals surface area contributed by atoms with Gasteiger partial charge in [-0.3, -0.25) is 4.79 Å². The van der Waals surface area contributed by atoms with Crippen LogP contribution in [-0.4, -0.2) is 37.1 Å². The van der Waals surface area contributed by atoms with Crippen molar-refractivity contribution < 1.29 is 9.53 Å². The Labute approximate surface area is 95.0 Å². The maximum absolute atomic E-state index is 12.1. The first-order chi connectivity index (χ1) is 7.77. The highest BCUT2D eigenvalue weighted by Crippen LogP contribution is 2.13. The van der Waals surface area contributed by atoms with Crippen molar-refractivity contribution in [3.05, 3.63) is 35.6 Å². The summed E-state index contributed by atoms with van der Waals surface area (Å²) in [6.07, 6.45) is 7.98. The van der Waals surface area contributed by atoms with Gasteiger partial charge in [-0.15, -0.1) is 0 Å². The number of rotatable bonds is 1. The molecule has 1 fully saturated rings. The van der Waals surface area contributed by atoms with Crippen molar-refractivity contribution in [1.29, 1.82) is 0 Å². The van der Waals surface area contributed by atoms with Gasteiger partial charge < -0.3 is 15.4 Å². The first-order valence-electron chi connectivity index (χ1n) is 5.47. The van der Waals surface area contributed by atoms with Crippen molar-refractivity contribution in [3.8, 4) is 0 Å². The number of carbonyl (C=O) groups excluding carboxylic acids is 1. The van der Waals surface area contributed by atoms with E-state index in [0.29, 0.717) is 38.4 Å². The second-order valence-electron chi connectivity index (χ2n) is 3.87. The molecule has 0 saturated carbocycles. The van der Waals surface area contributed by atoms with Gasteiger partial charge in [-0.2, -0.15) is 0 Å². The van der Waals surface area contributed by atoms with E-state index in [2.05, 4.69) is 0 Å². The minimum atomic E-state index is 0.0962. The summed E-state index contributed by atoms with van der Waals surface area (Å²) in [5, 5.41) is 0. The average Bonchev–Trinajstić information content (AvgIpc) is 2.54. The van der Waals surface area contributed by atoms with E-state index in [0.717, 1.165) is 5.57 Å². The molecule has 0 radical (unpaired) electrons. The van der Waals surface area contributed by atoms with Crippen molar-refractivity contribution >= 4 is 5.91 Å². The average molecular weight is 220 g/mol. The molecular weight excluding hydrogens is 204 g/mol. The molecule has 2 rings (SSSR count). The third-order valence-electron chi connectivity index (χ3n) is 2.70. The van der Waals surface area contributed by atoms with Gasteiger partial charge in [0.1, 0.15) is 0 Å². The number of carbonyl (C=O) groups is 1. The van der Waals surface area contributed by atoms with Crippen LogP contribution in [0.5, 0.6) is 0 Å². The van der Waals surface area contributed by atoms with Gasteiger partial charge in [0.05, 0.1) is 13.2 Å². The van der Waals surface area contributed by atoms with Gasteiger partial charge in [0.15, 0.2) is 0 Å². The molecule has 1 aliphatic carbocycles. The summed E-state index contributed by atoms with van der Waals surface area (Å²) in [4.78, 5) is 13.9. The van der Waals surface area contributed by atoms with E-state index in [1.54, 1.807) is 6.08 Å². The van der Waals surface area contributed by atoms with Gasteiger partial charge >= 0.3 is 0 Å². The fourth-order valence-corrected chi connectivity index (χ4v) is 1.77. The number of nitrogens with two attached hydrogens (primary N) is 1. The molecule has 0 bridgehead atoms. The van der Waals surface area contributed by atoms with Crippen LogP contribution < -0.4 is 5.73 Å². The van der Waals surface area contributed by atoms with Gasteiger partial charge in [-0.25, -0.2) is 0 Å². The fourth-order valence-electron chi connectivity index (χ4n) is 1.77. The number of amides is 1. The van der Waals surface area contributed by atoms with Crippen LogP contribution in [0.15, 0.2) is 35.6 Å². The summed E-state index contributed by atoms with van der Waals surface area (Å²) >= 11 is 0. The van der Waals surface area contributed by atoms with Crippen molar-refractivity contribution in [2.24, 2.45) is 5.73 Å². The summed E-state index contributed by atoms with van der Waals surface area (Å²) < 4.78 is 5.22. The minimum absolute atomic E-state index is 0.0962. The second-order valence-corrected chi connectivity index (χ2v) is 3.87. The Hall–Kier alpha value is -1.55. The first-order valence-corrected chi connectivity index (χ1v) is 5.47. The second kappa shape index (κ2) is 4.99. The molecule has 0 unspecified atom stereocenters. The van der Waals surface area contributed by atoms with E-state index >= 15 is 0 Å². The molecule has 0 aromatic carbocycles. The number of morpholine rings is 1. The highest BCUT2D eigenvalue weighted by Gasteiger charge is 2.19. The molecule has 0 atom stereocenters. The lowest BCUT2D eigenvalue weighted by Gasteiger charge is -2.27. The van der Waals surface area contributed by atoms with Crippen LogP contribution >= 0.6 is 0 Å². The maximum Gasteiger partial charge on any atom is 0.250 e. The predicted molar refractivity (Wildman–Crippen MR) is 61.5 cm³/mol. The Kier molecular flexibility index (Phi) is 3.41. The standard InChI is InChI=1S/C12H16N2O2/c13-11-3-1-2-10(4-5-11)12(15)14-6-8-16-9-7-14/h1,3-5H,2,6-9,13H2. The van der Waals surface area contributed by atoms with Crippen LogP contribution in [0, 0.1) is 0 Å². The summed E-state index contributed by atoms with van der Waals surface area (Å²) in [7, 11) is 0. The summed E-state index contributed by atoms with van der Waals surface area (Å²) in [6.45, 7) is 2.62. The third-order valence-corrected chi connectivity index (χ3v) is 2.70. The summed E-state index contributed by atoms with van der Waals surface area (Å²) in [5.41, 5.74) is 7.14.